The van der Waals surface area contributed by atoms with Crippen LogP contribution in [-0.2, 0) is 14.3 Å². The average molecular weight is 474 g/mol. The predicted molar refractivity (Wildman–Crippen MR) is 134 cm³/mol. The Labute approximate surface area is 205 Å². The second-order valence-corrected chi connectivity index (χ2v) is 10.7. The van der Waals surface area contributed by atoms with Crippen LogP contribution in [0.25, 0.3) is 0 Å². The van der Waals surface area contributed by atoms with E-state index in [-0.39, 0.29) is 23.8 Å². The highest BCUT2D eigenvalue weighted by Gasteiger charge is 2.37. The number of amides is 3. The van der Waals surface area contributed by atoms with Crippen LogP contribution in [0.1, 0.15) is 90.8 Å². The monoisotopic (exact) mass is 473 g/mol. The fourth-order valence-electron chi connectivity index (χ4n) is 4.43. The second kappa shape index (κ2) is 12.2. The minimum absolute atomic E-state index is 0.128. The Balaban J connectivity index is 2.35. The van der Waals surface area contributed by atoms with E-state index in [0.717, 1.165) is 36.8 Å². The van der Waals surface area contributed by atoms with Crippen molar-refractivity contribution in [3.05, 3.63) is 35.4 Å². The highest BCUT2D eigenvalue weighted by Crippen LogP contribution is 2.26. The summed E-state index contributed by atoms with van der Waals surface area (Å²) in [5, 5.41) is 5.94. The van der Waals surface area contributed by atoms with Crippen molar-refractivity contribution in [2.75, 3.05) is 6.54 Å². The summed E-state index contributed by atoms with van der Waals surface area (Å²) in [6, 6.07) is 6.25. The molecule has 0 heterocycles. The molecule has 0 aromatic heterocycles. The van der Waals surface area contributed by atoms with Crippen molar-refractivity contribution < 1.29 is 19.1 Å². The third kappa shape index (κ3) is 8.03. The van der Waals surface area contributed by atoms with E-state index in [1.807, 2.05) is 52.0 Å². The largest absolute Gasteiger partial charge is 0.444 e. The van der Waals surface area contributed by atoms with Crippen molar-refractivity contribution in [2.24, 2.45) is 5.92 Å². The first-order chi connectivity index (χ1) is 15.9. The van der Waals surface area contributed by atoms with Crippen LogP contribution in [0.2, 0.25) is 0 Å². The zero-order valence-electron chi connectivity index (χ0n) is 21.9. The normalized spacial score (nSPS) is 16.5. The topological polar surface area (TPSA) is 87.7 Å². The van der Waals surface area contributed by atoms with Gasteiger partial charge in [0, 0.05) is 12.6 Å². The maximum atomic E-state index is 13.8. The highest BCUT2D eigenvalue weighted by molar-refractivity contribution is 5.92. The molecule has 1 aromatic rings. The van der Waals surface area contributed by atoms with Crippen LogP contribution in [-0.4, -0.2) is 47.0 Å². The molecule has 0 bridgehead atoms. The van der Waals surface area contributed by atoms with Gasteiger partial charge in [0.25, 0.3) is 0 Å². The van der Waals surface area contributed by atoms with E-state index >= 15 is 0 Å². The Kier molecular flexibility index (Phi) is 9.95. The molecule has 1 aliphatic carbocycles. The molecule has 2 rings (SSSR count). The molecule has 7 nitrogen and oxygen atoms in total. The number of nitrogens with zero attached hydrogens (tertiary/aromatic N) is 1. The van der Waals surface area contributed by atoms with Gasteiger partial charge in [0.2, 0.25) is 11.8 Å². The van der Waals surface area contributed by atoms with Gasteiger partial charge in [-0.05, 0) is 58.9 Å². The van der Waals surface area contributed by atoms with Gasteiger partial charge in [0.1, 0.15) is 17.7 Å². The van der Waals surface area contributed by atoms with Crippen LogP contribution in [0, 0.1) is 12.8 Å². The van der Waals surface area contributed by atoms with Crippen molar-refractivity contribution in [3.8, 4) is 0 Å². The first-order valence-electron chi connectivity index (χ1n) is 12.6. The Bertz CT molecular complexity index is 841. The van der Waals surface area contributed by atoms with E-state index in [1.54, 1.807) is 25.7 Å². The van der Waals surface area contributed by atoms with E-state index in [1.165, 1.54) is 6.42 Å². The summed E-state index contributed by atoms with van der Waals surface area (Å²) < 4.78 is 5.39. The van der Waals surface area contributed by atoms with Crippen molar-refractivity contribution in [3.63, 3.8) is 0 Å². The quantitative estimate of drug-likeness (QED) is 0.563. The minimum Gasteiger partial charge on any atom is -0.444 e. The van der Waals surface area contributed by atoms with Crippen molar-refractivity contribution in [2.45, 2.75) is 104 Å². The fraction of sp³-hybridized carbons (Fsp3) is 0.667. The Morgan fingerprint density at radius 1 is 1.12 bits per heavy atom. The molecule has 7 heteroatoms. The number of carbonyl (C=O) groups is 3. The zero-order chi connectivity index (χ0) is 25.5. The first kappa shape index (κ1) is 27.7. The maximum Gasteiger partial charge on any atom is 0.408 e. The third-order valence-corrected chi connectivity index (χ3v) is 6.10. The highest BCUT2D eigenvalue weighted by atomic mass is 16.6. The summed E-state index contributed by atoms with van der Waals surface area (Å²) >= 11 is 0. The molecule has 2 unspecified atom stereocenters. The first-order valence-corrected chi connectivity index (χ1v) is 12.6. The molecular formula is C27H43N3O4. The summed E-state index contributed by atoms with van der Waals surface area (Å²) in [5.41, 5.74) is 1.11. The van der Waals surface area contributed by atoms with E-state index in [2.05, 4.69) is 10.6 Å². The minimum atomic E-state index is -0.815. The van der Waals surface area contributed by atoms with E-state index < -0.39 is 23.8 Å². The van der Waals surface area contributed by atoms with E-state index in [0.29, 0.717) is 6.54 Å². The van der Waals surface area contributed by atoms with Crippen LogP contribution >= 0.6 is 0 Å². The van der Waals surface area contributed by atoms with Crippen molar-refractivity contribution in [1.29, 1.82) is 0 Å². The van der Waals surface area contributed by atoms with Gasteiger partial charge in [-0.25, -0.2) is 4.79 Å². The number of rotatable bonds is 8. The third-order valence-electron chi connectivity index (χ3n) is 6.10. The molecule has 0 aliphatic heterocycles. The maximum absolute atomic E-state index is 13.8. The number of benzene rings is 1. The molecule has 1 aliphatic rings. The summed E-state index contributed by atoms with van der Waals surface area (Å²) in [5.74, 6) is -0.658. The molecule has 1 aromatic carbocycles. The summed E-state index contributed by atoms with van der Waals surface area (Å²) in [6.45, 7) is 13.2. The molecule has 34 heavy (non-hydrogen) atoms. The molecule has 3 amide bonds. The Hall–Kier alpha value is -2.57. The average Bonchev–Trinajstić information content (AvgIpc) is 2.74. The summed E-state index contributed by atoms with van der Waals surface area (Å²) in [4.78, 5) is 41.5. The molecule has 2 N–H and O–H groups in total. The van der Waals surface area contributed by atoms with Gasteiger partial charge in [-0.2, -0.15) is 0 Å². The fourth-order valence-corrected chi connectivity index (χ4v) is 4.43. The van der Waals surface area contributed by atoms with Gasteiger partial charge in [0.15, 0.2) is 0 Å². The molecule has 1 saturated carbocycles. The van der Waals surface area contributed by atoms with Gasteiger partial charge in [-0.15, -0.1) is 0 Å². The van der Waals surface area contributed by atoms with Crippen LogP contribution in [0.3, 0.4) is 0 Å². The molecule has 2 atom stereocenters. The van der Waals surface area contributed by atoms with Gasteiger partial charge in [-0.3, -0.25) is 9.59 Å². The van der Waals surface area contributed by atoms with Crippen LogP contribution in [0.5, 0.6) is 0 Å². The lowest BCUT2D eigenvalue weighted by atomic mass is 9.94. The number of likely N-dealkylation sites (N-methyl/N-ethyl adjacent to an activating group) is 1. The number of alkyl carbamates (subject to hydrolysis) is 1. The van der Waals surface area contributed by atoms with Crippen molar-refractivity contribution in [1.82, 2.24) is 15.5 Å². The zero-order valence-corrected chi connectivity index (χ0v) is 21.9. The molecular weight excluding hydrogens is 430 g/mol. The lowest BCUT2D eigenvalue weighted by molar-refractivity contribution is -0.143. The van der Waals surface area contributed by atoms with E-state index in [9.17, 15) is 14.4 Å². The van der Waals surface area contributed by atoms with Crippen molar-refractivity contribution >= 4 is 17.9 Å². The number of nitrogens with one attached hydrogen (secondary N) is 2. The standard InChI is InChI=1S/C27H43N3O4/c1-8-30(25(32)22(18(2)3)29-26(33)34-27(5,6)7)23(20-14-12-13-19(4)17-20)24(31)28-21-15-10-9-11-16-21/h12-14,17-18,21-23H,8-11,15-16H2,1-7H3,(H,28,31)(H,29,33). The molecule has 190 valence electrons. The van der Waals surface area contributed by atoms with Gasteiger partial charge >= 0.3 is 6.09 Å². The number of ether oxygens (including phenoxy) is 1. The van der Waals surface area contributed by atoms with E-state index in [4.69, 9.17) is 4.74 Å². The summed E-state index contributed by atoms with van der Waals surface area (Å²) in [6.07, 6.45) is 4.67. The van der Waals surface area contributed by atoms with Gasteiger partial charge in [-0.1, -0.05) is 62.9 Å². The molecule has 1 fully saturated rings. The second-order valence-electron chi connectivity index (χ2n) is 10.7. The lowest BCUT2D eigenvalue weighted by Crippen LogP contribution is -2.55. The number of hydrogen-bond acceptors (Lipinski definition) is 4. The smallest absolute Gasteiger partial charge is 0.408 e. The van der Waals surface area contributed by atoms with Crippen LogP contribution < -0.4 is 10.6 Å². The predicted octanol–water partition coefficient (Wildman–Crippen LogP) is 4.88. The number of hydrogen-bond donors (Lipinski definition) is 2. The molecule has 0 spiro atoms. The molecule has 0 radical (unpaired) electrons. The van der Waals surface area contributed by atoms with Gasteiger partial charge in [0.05, 0.1) is 0 Å². The van der Waals surface area contributed by atoms with Crippen LogP contribution in [0.4, 0.5) is 4.79 Å². The molecule has 0 saturated heterocycles. The lowest BCUT2D eigenvalue weighted by Gasteiger charge is -2.36. The Morgan fingerprint density at radius 3 is 2.29 bits per heavy atom. The summed E-state index contributed by atoms with van der Waals surface area (Å²) in [7, 11) is 0. The Morgan fingerprint density at radius 2 is 1.76 bits per heavy atom. The van der Waals surface area contributed by atoms with Gasteiger partial charge < -0.3 is 20.3 Å². The number of carbonyl (C=O) groups excluding carboxylic acids is 3. The van der Waals surface area contributed by atoms with Crippen LogP contribution in [0.15, 0.2) is 24.3 Å². The number of aryl methyl sites for hydroxylation is 1. The SMILES string of the molecule is CCN(C(=O)C(NC(=O)OC(C)(C)C)C(C)C)C(C(=O)NC1CCCCC1)c1cccc(C)c1.